The van der Waals surface area contributed by atoms with E-state index in [1.54, 1.807) is 7.11 Å². The average molecular weight is 256 g/mol. The molecule has 3 heteroatoms. The van der Waals surface area contributed by atoms with Crippen molar-refractivity contribution in [2.75, 3.05) is 33.4 Å². The van der Waals surface area contributed by atoms with Crippen LogP contribution in [0.25, 0.3) is 0 Å². The average Bonchev–Trinajstić information content (AvgIpc) is 2.40. The van der Waals surface area contributed by atoms with Crippen LogP contribution in [0.3, 0.4) is 0 Å². The van der Waals surface area contributed by atoms with Crippen LogP contribution in [-0.4, -0.2) is 44.3 Å². The van der Waals surface area contributed by atoms with Gasteiger partial charge in [0.05, 0.1) is 0 Å². The van der Waals surface area contributed by atoms with Gasteiger partial charge in [0.25, 0.3) is 0 Å². The second-order valence-corrected chi connectivity index (χ2v) is 5.90. The van der Waals surface area contributed by atoms with Gasteiger partial charge in [-0.15, -0.1) is 0 Å². The second-order valence-electron chi connectivity index (χ2n) is 5.90. The van der Waals surface area contributed by atoms with E-state index in [2.05, 4.69) is 18.7 Å². The summed E-state index contributed by atoms with van der Waals surface area (Å²) in [4.78, 5) is 2.56. The van der Waals surface area contributed by atoms with Gasteiger partial charge in [0.15, 0.2) is 0 Å². The molecular weight excluding hydrogens is 224 g/mol. The van der Waals surface area contributed by atoms with Crippen LogP contribution in [0.2, 0.25) is 0 Å². The summed E-state index contributed by atoms with van der Waals surface area (Å²) in [5.74, 6) is 0. The van der Waals surface area contributed by atoms with Crippen LogP contribution in [0.15, 0.2) is 0 Å². The minimum absolute atomic E-state index is 0.316. The quantitative estimate of drug-likeness (QED) is 0.679. The monoisotopic (exact) mass is 256 g/mol. The zero-order chi connectivity index (χ0) is 13.4. The van der Waals surface area contributed by atoms with Crippen molar-refractivity contribution in [2.45, 2.75) is 58.4 Å². The molecule has 18 heavy (non-hydrogen) atoms. The Morgan fingerprint density at radius 3 is 2.33 bits per heavy atom. The third-order valence-electron chi connectivity index (χ3n) is 4.83. The van der Waals surface area contributed by atoms with Gasteiger partial charge in [0.1, 0.15) is 0 Å². The number of ether oxygens (including phenoxy) is 1. The fourth-order valence-electron chi connectivity index (χ4n) is 3.08. The lowest BCUT2D eigenvalue weighted by molar-refractivity contribution is 0.0897. The number of rotatable bonds is 8. The van der Waals surface area contributed by atoms with Crippen molar-refractivity contribution >= 4 is 0 Å². The number of methoxy groups -OCH3 is 1. The molecule has 1 unspecified atom stereocenters. The van der Waals surface area contributed by atoms with Gasteiger partial charge < -0.3 is 15.4 Å². The molecule has 0 bridgehead atoms. The van der Waals surface area contributed by atoms with Crippen molar-refractivity contribution in [3.05, 3.63) is 0 Å². The van der Waals surface area contributed by atoms with E-state index in [0.29, 0.717) is 11.5 Å². The molecule has 0 spiro atoms. The van der Waals surface area contributed by atoms with Crippen LogP contribution in [0.1, 0.15) is 52.4 Å². The van der Waals surface area contributed by atoms with E-state index in [-0.39, 0.29) is 0 Å². The van der Waals surface area contributed by atoms with Crippen LogP contribution >= 0.6 is 0 Å². The van der Waals surface area contributed by atoms with Crippen molar-refractivity contribution in [3.63, 3.8) is 0 Å². The molecule has 108 valence electrons. The smallest absolute Gasteiger partial charge is 0.0462 e. The Morgan fingerprint density at radius 1 is 1.22 bits per heavy atom. The molecule has 0 radical (unpaired) electrons. The lowest BCUT2D eigenvalue weighted by Gasteiger charge is -2.41. The van der Waals surface area contributed by atoms with Crippen LogP contribution in [0.4, 0.5) is 0 Å². The Morgan fingerprint density at radius 2 is 1.83 bits per heavy atom. The van der Waals surface area contributed by atoms with Crippen LogP contribution in [0, 0.1) is 5.41 Å². The highest BCUT2D eigenvalue weighted by atomic mass is 16.5. The molecule has 0 aliphatic carbocycles. The maximum absolute atomic E-state index is 6.18. The first-order valence-corrected chi connectivity index (χ1v) is 7.62. The predicted octanol–water partition coefficient (Wildman–Crippen LogP) is 2.64. The van der Waals surface area contributed by atoms with Crippen molar-refractivity contribution in [1.82, 2.24) is 4.90 Å². The normalized spacial score (nSPS) is 22.0. The van der Waals surface area contributed by atoms with Crippen LogP contribution < -0.4 is 5.73 Å². The lowest BCUT2D eigenvalue weighted by Crippen LogP contribution is -2.45. The van der Waals surface area contributed by atoms with Crippen molar-refractivity contribution in [3.8, 4) is 0 Å². The third-order valence-corrected chi connectivity index (χ3v) is 4.83. The molecule has 0 aromatic rings. The molecule has 0 saturated carbocycles. The molecule has 1 heterocycles. The van der Waals surface area contributed by atoms with Gasteiger partial charge in [-0.2, -0.15) is 0 Å². The first-order chi connectivity index (χ1) is 8.65. The van der Waals surface area contributed by atoms with E-state index in [9.17, 15) is 0 Å². The maximum atomic E-state index is 6.18. The van der Waals surface area contributed by atoms with E-state index in [0.717, 1.165) is 26.0 Å². The zero-order valence-electron chi connectivity index (χ0n) is 12.6. The molecule has 1 aliphatic heterocycles. The van der Waals surface area contributed by atoms with Crippen LogP contribution in [0.5, 0.6) is 0 Å². The van der Waals surface area contributed by atoms with E-state index in [4.69, 9.17) is 10.5 Å². The Labute approximate surface area is 113 Å². The van der Waals surface area contributed by atoms with Gasteiger partial charge in [-0.1, -0.05) is 26.7 Å². The minimum Gasteiger partial charge on any atom is -0.385 e. The first kappa shape index (κ1) is 15.9. The number of likely N-dealkylation sites (tertiary alicyclic amines) is 1. The molecule has 1 fully saturated rings. The van der Waals surface area contributed by atoms with Crippen molar-refractivity contribution in [1.29, 1.82) is 0 Å². The molecule has 2 N–H and O–H groups in total. The van der Waals surface area contributed by atoms with Gasteiger partial charge in [0.2, 0.25) is 0 Å². The SMILES string of the molecule is CCC1(CC)CCN(CC(N)CCCOC)CC1. The topological polar surface area (TPSA) is 38.5 Å². The number of hydrogen-bond acceptors (Lipinski definition) is 3. The van der Waals surface area contributed by atoms with Crippen molar-refractivity contribution in [2.24, 2.45) is 11.1 Å². The van der Waals surface area contributed by atoms with E-state index in [1.807, 2.05) is 0 Å². The van der Waals surface area contributed by atoms with Gasteiger partial charge >= 0.3 is 0 Å². The minimum atomic E-state index is 0.316. The first-order valence-electron chi connectivity index (χ1n) is 7.62. The molecule has 3 nitrogen and oxygen atoms in total. The Bertz CT molecular complexity index is 207. The number of hydrogen-bond donors (Lipinski definition) is 1. The lowest BCUT2D eigenvalue weighted by atomic mass is 9.74. The van der Waals surface area contributed by atoms with Gasteiger partial charge in [0, 0.05) is 26.3 Å². The summed E-state index contributed by atoms with van der Waals surface area (Å²) in [6.45, 7) is 9.06. The summed E-state index contributed by atoms with van der Waals surface area (Å²) in [6.07, 6.45) is 7.53. The Balaban J connectivity index is 2.22. The highest BCUT2D eigenvalue weighted by Crippen LogP contribution is 2.37. The van der Waals surface area contributed by atoms with E-state index < -0.39 is 0 Å². The highest BCUT2D eigenvalue weighted by molar-refractivity contribution is 4.85. The molecule has 1 atom stereocenters. The predicted molar refractivity (Wildman–Crippen MR) is 77.8 cm³/mol. The Kier molecular flexibility index (Phi) is 7.20. The van der Waals surface area contributed by atoms with E-state index in [1.165, 1.54) is 38.8 Å². The standard InChI is InChI=1S/C15H32N2O/c1-4-15(5-2)8-10-17(11-9-15)13-14(16)7-6-12-18-3/h14H,4-13,16H2,1-3H3. The molecular formula is C15H32N2O. The summed E-state index contributed by atoms with van der Waals surface area (Å²) in [5, 5.41) is 0. The summed E-state index contributed by atoms with van der Waals surface area (Å²) in [6, 6.07) is 0.316. The van der Waals surface area contributed by atoms with Crippen molar-refractivity contribution < 1.29 is 4.74 Å². The molecule has 0 amide bonds. The van der Waals surface area contributed by atoms with E-state index >= 15 is 0 Å². The summed E-state index contributed by atoms with van der Waals surface area (Å²) < 4.78 is 5.07. The maximum Gasteiger partial charge on any atom is 0.0462 e. The van der Waals surface area contributed by atoms with Gasteiger partial charge in [-0.3, -0.25) is 0 Å². The summed E-state index contributed by atoms with van der Waals surface area (Å²) in [5.41, 5.74) is 6.80. The Hall–Kier alpha value is -0.120. The fourth-order valence-corrected chi connectivity index (χ4v) is 3.08. The van der Waals surface area contributed by atoms with Gasteiger partial charge in [-0.25, -0.2) is 0 Å². The highest BCUT2D eigenvalue weighted by Gasteiger charge is 2.31. The van der Waals surface area contributed by atoms with Gasteiger partial charge in [-0.05, 0) is 44.2 Å². The number of nitrogens with zero attached hydrogens (tertiary/aromatic N) is 1. The van der Waals surface area contributed by atoms with Crippen LogP contribution in [-0.2, 0) is 4.74 Å². The fraction of sp³-hybridized carbons (Fsp3) is 1.00. The molecule has 1 rings (SSSR count). The molecule has 0 aromatic carbocycles. The molecule has 1 aliphatic rings. The zero-order valence-corrected chi connectivity index (χ0v) is 12.6. The summed E-state index contributed by atoms with van der Waals surface area (Å²) in [7, 11) is 1.76. The number of nitrogens with two attached hydrogens (primary N) is 1. The summed E-state index contributed by atoms with van der Waals surface area (Å²) >= 11 is 0. The number of piperidine rings is 1. The largest absolute Gasteiger partial charge is 0.385 e. The molecule has 0 aromatic heterocycles. The third kappa shape index (κ3) is 4.87. The second kappa shape index (κ2) is 8.13. The molecule has 1 saturated heterocycles.